The van der Waals surface area contributed by atoms with Crippen LogP contribution in [0.2, 0.25) is 0 Å². The Bertz CT molecular complexity index is 799. The second-order valence-corrected chi connectivity index (χ2v) is 7.69. The van der Waals surface area contributed by atoms with Crippen LogP contribution in [-0.2, 0) is 22.7 Å². The zero-order chi connectivity index (χ0) is 19.2. The van der Waals surface area contributed by atoms with E-state index in [4.69, 9.17) is 0 Å². The summed E-state index contributed by atoms with van der Waals surface area (Å²) in [5, 5.41) is 15.3. The number of hydrogen-bond acceptors (Lipinski definition) is 6. The largest absolute Gasteiger partial charge is 0.394 e. The summed E-state index contributed by atoms with van der Waals surface area (Å²) in [7, 11) is 1.95. The summed E-state index contributed by atoms with van der Waals surface area (Å²) < 4.78 is 0. The SMILES string of the molecule is CN(Cc1cccc2c1C(=O)N(C1CCC(=O)NC1=O)C2)C1(CO)CNC1. The van der Waals surface area contributed by atoms with Gasteiger partial charge >= 0.3 is 0 Å². The Kier molecular flexibility index (Phi) is 4.49. The summed E-state index contributed by atoms with van der Waals surface area (Å²) in [4.78, 5) is 40.4. The summed E-state index contributed by atoms with van der Waals surface area (Å²) in [5.74, 6) is -0.842. The van der Waals surface area contributed by atoms with Crippen molar-refractivity contribution in [2.24, 2.45) is 0 Å². The van der Waals surface area contributed by atoms with Gasteiger partial charge in [-0.25, -0.2) is 0 Å². The lowest BCUT2D eigenvalue weighted by atomic mass is 9.90. The molecule has 3 aliphatic rings. The molecule has 0 bridgehead atoms. The van der Waals surface area contributed by atoms with Crippen molar-refractivity contribution in [1.82, 2.24) is 20.4 Å². The molecule has 3 N–H and O–H groups in total. The molecule has 2 fully saturated rings. The van der Waals surface area contributed by atoms with Crippen LogP contribution in [0.5, 0.6) is 0 Å². The molecule has 0 spiro atoms. The number of likely N-dealkylation sites (N-methyl/N-ethyl adjacent to an activating group) is 1. The maximum Gasteiger partial charge on any atom is 0.255 e. The molecule has 4 rings (SSSR count). The summed E-state index contributed by atoms with van der Waals surface area (Å²) >= 11 is 0. The molecule has 1 aromatic carbocycles. The van der Waals surface area contributed by atoms with E-state index in [1.165, 1.54) is 0 Å². The number of rotatable bonds is 5. The van der Waals surface area contributed by atoms with Gasteiger partial charge in [-0.15, -0.1) is 0 Å². The third-order valence-electron chi connectivity index (χ3n) is 6.06. The number of fused-ring (bicyclic) bond motifs is 1. The van der Waals surface area contributed by atoms with E-state index in [0.717, 1.165) is 11.1 Å². The minimum atomic E-state index is -0.604. The topological polar surface area (TPSA) is 102 Å². The Morgan fingerprint density at radius 1 is 1.30 bits per heavy atom. The van der Waals surface area contributed by atoms with E-state index in [9.17, 15) is 19.5 Å². The van der Waals surface area contributed by atoms with Gasteiger partial charge in [-0.05, 0) is 24.6 Å². The molecule has 0 aromatic heterocycles. The zero-order valence-corrected chi connectivity index (χ0v) is 15.3. The van der Waals surface area contributed by atoms with Gasteiger partial charge in [-0.1, -0.05) is 18.2 Å². The average Bonchev–Trinajstić information content (AvgIpc) is 2.92. The van der Waals surface area contributed by atoms with Crippen molar-refractivity contribution >= 4 is 17.7 Å². The molecule has 0 saturated carbocycles. The van der Waals surface area contributed by atoms with Gasteiger partial charge < -0.3 is 15.3 Å². The van der Waals surface area contributed by atoms with Crippen molar-refractivity contribution in [1.29, 1.82) is 0 Å². The fourth-order valence-corrected chi connectivity index (χ4v) is 4.16. The highest BCUT2D eigenvalue weighted by Gasteiger charge is 2.42. The Labute approximate surface area is 157 Å². The first-order chi connectivity index (χ1) is 12.9. The number of nitrogens with one attached hydrogen (secondary N) is 2. The first kappa shape index (κ1) is 18.1. The summed E-state index contributed by atoms with van der Waals surface area (Å²) in [6, 6.07) is 5.16. The van der Waals surface area contributed by atoms with E-state index in [2.05, 4.69) is 15.5 Å². The van der Waals surface area contributed by atoms with Gasteiger partial charge in [0.2, 0.25) is 11.8 Å². The molecule has 1 unspecified atom stereocenters. The van der Waals surface area contributed by atoms with E-state index < -0.39 is 11.9 Å². The average molecular weight is 372 g/mol. The number of aliphatic hydroxyl groups excluding tert-OH is 1. The number of imide groups is 1. The number of carbonyl (C=O) groups is 3. The first-order valence-electron chi connectivity index (χ1n) is 9.23. The van der Waals surface area contributed by atoms with E-state index in [-0.39, 0.29) is 30.4 Å². The van der Waals surface area contributed by atoms with Crippen LogP contribution < -0.4 is 10.6 Å². The van der Waals surface area contributed by atoms with Crippen LogP contribution in [0.4, 0.5) is 0 Å². The van der Waals surface area contributed by atoms with E-state index in [1.807, 2.05) is 25.2 Å². The highest BCUT2D eigenvalue weighted by molar-refractivity contribution is 6.05. The summed E-state index contributed by atoms with van der Waals surface area (Å²) in [5.41, 5.74) is 2.15. The second-order valence-electron chi connectivity index (χ2n) is 7.69. The molecule has 2 saturated heterocycles. The number of amides is 3. The molecule has 27 heavy (non-hydrogen) atoms. The standard InChI is InChI=1S/C19H24N4O4/c1-22(19(11-24)9-20-10-19)7-12-3-2-4-13-8-23(18(27)16(12)13)14-5-6-15(25)21-17(14)26/h2-4,14,20,24H,5-11H2,1H3,(H,21,25,26). The second kappa shape index (κ2) is 6.70. The molecular weight excluding hydrogens is 348 g/mol. The quantitative estimate of drug-likeness (QED) is 0.586. The van der Waals surface area contributed by atoms with Crippen LogP contribution in [0.3, 0.4) is 0 Å². The van der Waals surface area contributed by atoms with Crippen LogP contribution in [0.1, 0.15) is 34.3 Å². The molecule has 8 nitrogen and oxygen atoms in total. The Morgan fingerprint density at radius 2 is 2.07 bits per heavy atom. The Hall–Kier alpha value is -2.29. The van der Waals surface area contributed by atoms with E-state index in [1.54, 1.807) is 4.90 Å². The molecule has 3 amide bonds. The van der Waals surface area contributed by atoms with Crippen molar-refractivity contribution < 1.29 is 19.5 Å². The van der Waals surface area contributed by atoms with E-state index in [0.29, 0.717) is 38.2 Å². The van der Waals surface area contributed by atoms with Crippen LogP contribution in [0, 0.1) is 0 Å². The van der Waals surface area contributed by atoms with Gasteiger partial charge in [0.25, 0.3) is 5.91 Å². The van der Waals surface area contributed by atoms with Gasteiger partial charge in [0.1, 0.15) is 6.04 Å². The molecule has 3 heterocycles. The third-order valence-corrected chi connectivity index (χ3v) is 6.06. The highest BCUT2D eigenvalue weighted by Crippen LogP contribution is 2.31. The summed E-state index contributed by atoms with van der Waals surface area (Å²) in [6.07, 6.45) is 0.608. The van der Waals surface area contributed by atoms with Crippen LogP contribution in [0.15, 0.2) is 18.2 Å². The number of hydrogen-bond donors (Lipinski definition) is 3. The van der Waals surface area contributed by atoms with Crippen LogP contribution in [-0.4, -0.2) is 71.0 Å². The monoisotopic (exact) mass is 372 g/mol. The fraction of sp³-hybridized carbons (Fsp3) is 0.526. The lowest BCUT2D eigenvalue weighted by molar-refractivity contribution is -0.136. The molecule has 1 aromatic rings. The molecular formula is C19H24N4O4. The minimum Gasteiger partial charge on any atom is -0.394 e. The van der Waals surface area contributed by atoms with Crippen LogP contribution in [0.25, 0.3) is 0 Å². The number of piperidine rings is 1. The number of aliphatic hydroxyl groups is 1. The third kappa shape index (κ3) is 2.93. The molecule has 3 aliphatic heterocycles. The molecule has 0 aliphatic carbocycles. The molecule has 8 heteroatoms. The lowest BCUT2D eigenvalue weighted by Crippen LogP contribution is -2.69. The minimum absolute atomic E-state index is 0.0574. The number of nitrogens with zero attached hydrogens (tertiary/aromatic N) is 2. The predicted molar refractivity (Wildman–Crippen MR) is 96.6 cm³/mol. The highest BCUT2D eigenvalue weighted by atomic mass is 16.3. The Balaban J connectivity index is 1.57. The van der Waals surface area contributed by atoms with Gasteiger partial charge in [0.15, 0.2) is 0 Å². The van der Waals surface area contributed by atoms with Crippen molar-refractivity contribution in [2.75, 3.05) is 26.7 Å². The molecule has 0 radical (unpaired) electrons. The number of carbonyl (C=O) groups excluding carboxylic acids is 3. The lowest BCUT2D eigenvalue weighted by Gasteiger charge is -2.48. The first-order valence-corrected chi connectivity index (χ1v) is 9.23. The normalized spacial score (nSPS) is 24.0. The van der Waals surface area contributed by atoms with Crippen LogP contribution >= 0.6 is 0 Å². The van der Waals surface area contributed by atoms with Gasteiger partial charge in [-0.2, -0.15) is 0 Å². The van der Waals surface area contributed by atoms with Crippen molar-refractivity contribution in [2.45, 2.75) is 37.5 Å². The van der Waals surface area contributed by atoms with E-state index >= 15 is 0 Å². The van der Waals surface area contributed by atoms with Gasteiger partial charge in [0, 0.05) is 38.2 Å². The summed E-state index contributed by atoms with van der Waals surface area (Å²) in [6.45, 7) is 2.41. The molecule has 144 valence electrons. The number of benzene rings is 1. The maximum atomic E-state index is 13.1. The fourth-order valence-electron chi connectivity index (χ4n) is 4.16. The maximum absolute atomic E-state index is 13.1. The van der Waals surface area contributed by atoms with Crippen molar-refractivity contribution in [3.8, 4) is 0 Å². The van der Waals surface area contributed by atoms with Gasteiger partial charge in [0.05, 0.1) is 12.1 Å². The molecule has 1 atom stereocenters. The van der Waals surface area contributed by atoms with Gasteiger partial charge in [-0.3, -0.25) is 24.6 Å². The predicted octanol–water partition coefficient (Wildman–Crippen LogP) is -0.786. The van der Waals surface area contributed by atoms with Crippen molar-refractivity contribution in [3.63, 3.8) is 0 Å². The smallest absolute Gasteiger partial charge is 0.255 e. The zero-order valence-electron chi connectivity index (χ0n) is 15.3. The Morgan fingerprint density at radius 3 is 2.70 bits per heavy atom. The van der Waals surface area contributed by atoms with Crippen molar-refractivity contribution in [3.05, 3.63) is 34.9 Å².